The second-order valence-corrected chi connectivity index (χ2v) is 9.03. The van der Waals surface area contributed by atoms with Crippen molar-refractivity contribution in [2.75, 3.05) is 25.1 Å². The molecule has 2 aromatic carbocycles. The average Bonchev–Trinajstić information content (AvgIpc) is 2.82. The van der Waals surface area contributed by atoms with E-state index in [0.717, 1.165) is 18.9 Å². The maximum Gasteiger partial charge on any atom is 0.338 e. The van der Waals surface area contributed by atoms with Gasteiger partial charge in [-0.05, 0) is 30.7 Å². The minimum Gasteiger partial charge on any atom is -0.459 e. The van der Waals surface area contributed by atoms with Crippen LogP contribution in [-0.4, -0.2) is 72.9 Å². The number of para-hydroxylation sites is 1. The summed E-state index contributed by atoms with van der Waals surface area (Å²) < 4.78 is 35.5. The monoisotopic (exact) mass is 498 g/mol. The van der Waals surface area contributed by atoms with Gasteiger partial charge in [-0.15, -0.1) is 0 Å². The van der Waals surface area contributed by atoms with Crippen molar-refractivity contribution in [3.8, 4) is 11.5 Å². The normalized spacial score (nSPS) is 14.2. The number of hydrogen-bond donors (Lipinski definition) is 6. The Hall–Kier alpha value is -2.74. The first-order chi connectivity index (χ1) is 16.1. The predicted octanol–water partition coefficient (Wildman–Crippen LogP) is 0.570. The van der Waals surface area contributed by atoms with Crippen molar-refractivity contribution < 1.29 is 43.1 Å². The molecule has 0 amide bonds. The van der Waals surface area contributed by atoms with Crippen molar-refractivity contribution in [2.45, 2.75) is 43.0 Å². The van der Waals surface area contributed by atoms with E-state index in [9.17, 15) is 28.5 Å². The lowest BCUT2D eigenvalue weighted by Gasteiger charge is -2.21. The number of aliphatic hydroxyl groups is 4. The van der Waals surface area contributed by atoms with Crippen molar-refractivity contribution in [1.29, 1.82) is 0 Å². The molecule has 0 fully saturated rings. The zero-order valence-corrected chi connectivity index (χ0v) is 19.4. The number of nitrogens with two attached hydrogens (primary N) is 1. The highest BCUT2D eigenvalue weighted by atomic mass is 32.2. The number of aliphatic hydroxyl groups excluding tert-OH is 4. The Morgan fingerprint density at radius 2 is 1.79 bits per heavy atom. The summed E-state index contributed by atoms with van der Waals surface area (Å²) in [5.74, 6) is -0.761. The van der Waals surface area contributed by atoms with Crippen LogP contribution in [0.3, 0.4) is 0 Å². The molecule has 7 N–H and O–H groups in total. The molecule has 2 rings (SSSR count). The number of primary sulfonamides is 1. The van der Waals surface area contributed by atoms with Gasteiger partial charge in [-0.1, -0.05) is 31.5 Å². The largest absolute Gasteiger partial charge is 0.459 e. The van der Waals surface area contributed by atoms with Crippen LogP contribution in [0.5, 0.6) is 11.5 Å². The van der Waals surface area contributed by atoms with Crippen LogP contribution in [0.15, 0.2) is 47.4 Å². The van der Waals surface area contributed by atoms with Gasteiger partial charge in [0.2, 0.25) is 10.0 Å². The number of nitrogens with one attached hydrogen (secondary N) is 1. The predicted molar refractivity (Wildman–Crippen MR) is 123 cm³/mol. The van der Waals surface area contributed by atoms with Crippen LogP contribution in [0.25, 0.3) is 0 Å². The minimum atomic E-state index is -4.35. The first kappa shape index (κ1) is 27.5. The second kappa shape index (κ2) is 12.6. The number of hydrogen-bond acceptors (Lipinski definition) is 10. The van der Waals surface area contributed by atoms with E-state index in [-0.39, 0.29) is 17.0 Å². The molecule has 0 saturated heterocycles. The molecule has 0 aliphatic rings. The summed E-state index contributed by atoms with van der Waals surface area (Å²) in [5, 5.41) is 46.2. The van der Waals surface area contributed by atoms with E-state index >= 15 is 0 Å². The van der Waals surface area contributed by atoms with Crippen LogP contribution in [0.4, 0.5) is 5.69 Å². The molecule has 3 atom stereocenters. The van der Waals surface area contributed by atoms with Crippen molar-refractivity contribution in [1.82, 2.24) is 0 Å². The lowest BCUT2D eigenvalue weighted by molar-refractivity contribution is -0.0925. The summed E-state index contributed by atoms with van der Waals surface area (Å²) >= 11 is 0. The zero-order chi connectivity index (χ0) is 25.3. The smallest absolute Gasteiger partial charge is 0.338 e. The van der Waals surface area contributed by atoms with Crippen LogP contribution in [-0.2, 0) is 14.8 Å². The number of anilines is 1. The van der Waals surface area contributed by atoms with Gasteiger partial charge >= 0.3 is 5.97 Å². The molecule has 0 heterocycles. The lowest BCUT2D eigenvalue weighted by Crippen LogP contribution is -2.42. The Bertz CT molecular complexity index is 1050. The van der Waals surface area contributed by atoms with E-state index in [2.05, 4.69) is 5.32 Å². The minimum absolute atomic E-state index is 0.0946. The molecular weight excluding hydrogens is 468 g/mol. The molecule has 0 bridgehead atoms. The SMILES string of the molecule is CCCCNc1cc(C(=O)OC[C@H](O)[C@@H](O)[C@H](O)CO)cc(S(N)(=O)=O)c1Oc1ccccc1. The first-order valence-corrected chi connectivity index (χ1v) is 12.1. The molecular formula is C22H30N2O9S. The molecule has 0 aliphatic heterocycles. The summed E-state index contributed by atoms with van der Waals surface area (Å²) in [7, 11) is -4.35. The Morgan fingerprint density at radius 1 is 1.12 bits per heavy atom. The topological polar surface area (TPSA) is 189 Å². The van der Waals surface area contributed by atoms with Crippen LogP contribution >= 0.6 is 0 Å². The van der Waals surface area contributed by atoms with Crippen LogP contribution in [0.2, 0.25) is 0 Å². The van der Waals surface area contributed by atoms with Crippen LogP contribution < -0.4 is 15.2 Å². The number of ether oxygens (including phenoxy) is 2. The number of benzene rings is 2. The molecule has 0 spiro atoms. The summed E-state index contributed by atoms with van der Waals surface area (Å²) in [4.78, 5) is 12.2. The third-order valence-corrected chi connectivity index (χ3v) is 5.68. The first-order valence-electron chi connectivity index (χ1n) is 10.6. The number of carbonyl (C=O) groups excluding carboxylic acids is 1. The average molecular weight is 499 g/mol. The highest BCUT2D eigenvalue weighted by molar-refractivity contribution is 7.89. The summed E-state index contributed by atoms with van der Waals surface area (Å²) in [6.07, 6.45) is -3.48. The Morgan fingerprint density at radius 3 is 2.38 bits per heavy atom. The second-order valence-electron chi connectivity index (χ2n) is 7.50. The van der Waals surface area contributed by atoms with Gasteiger partial charge in [0.05, 0.1) is 17.9 Å². The van der Waals surface area contributed by atoms with Gasteiger partial charge in [0.1, 0.15) is 35.6 Å². The fourth-order valence-corrected chi connectivity index (χ4v) is 3.58. The Balaban J connectivity index is 2.40. The van der Waals surface area contributed by atoms with Crippen molar-refractivity contribution in [3.63, 3.8) is 0 Å². The number of unbranched alkanes of at least 4 members (excludes halogenated alkanes) is 1. The molecule has 0 saturated carbocycles. The molecule has 2 aromatic rings. The van der Waals surface area contributed by atoms with Gasteiger partial charge in [0.15, 0.2) is 5.75 Å². The Labute approximate surface area is 197 Å². The van der Waals surface area contributed by atoms with E-state index in [1.54, 1.807) is 30.3 Å². The highest BCUT2D eigenvalue weighted by Crippen LogP contribution is 2.37. The van der Waals surface area contributed by atoms with Crippen molar-refractivity contribution in [2.24, 2.45) is 5.14 Å². The van der Waals surface area contributed by atoms with Crippen molar-refractivity contribution >= 4 is 21.7 Å². The van der Waals surface area contributed by atoms with E-state index in [1.165, 1.54) is 6.07 Å². The third kappa shape index (κ3) is 7.65. The maximum absolute atomic E-state index is 12.6. The molecule has 188 valence electrons. The zero-order valence-electron chi connectivity index (χ0n) is 18.6. The third-order valence-electron chi connectivity index (χ3n) is 4.77. The van der Waals surface area contributed by atoms with Crippen LogP contribution in [0.1, 0.15) is 30.1 Å². The fraction of sp³-hybridized carbons (Fsp3) is 0.409. The fourth-order valence-electron chi connectivity index (χ4n) is 2.88. The number of rotatable bonds is 13. The molecule has 11 nitrogen and oxygen atoms in total. The summed E-state index contributed by atoms with van der Waals surface area (Å²) in [6, 6.07) is 10.7. The number of esters is 1. The Kier molecular flexibility index (Phi) is 10.2. The molecule has 0 radical (unpaired) electrons. The van der Waals surface area contributed by atoms with Gasteiger partial charge in [-0.3, -0.25) is 0 Å². The van der Waals surface area contributed by atoms with Gasteiger partial charge < -0.3 is 35.2 Å². The number of carbonyl (C=O) groups is 1. The van der Waals surface area contributed by atoms with Gasteiger partial charge in [0, 0.05) is 6.54 Å². The molecule has 12 heteroatoms. The summed E-state index contributed by atoms with van der Waals surface area (Å²) in [5.41, 5.74) is -0.0140. The molecule has 0 aliphatic carbocycles. The van der Waals surface area contributed by atoms with Gasteiger partial charge in [-0.2, -0.15) is 0 Å². The summed E-state index contributed by atoms with van der Waals surface area (Å²) in [6.45, 7) is 0.899. The maximum atomic E-state index is 12.6. The van der Waals surface area contributed by atoms with Gasteiger partial charge in [-0.25, -0.2) is 18.4 Å². The highest BCUT2D eigenvalue weighted by Gasteiger charge is 2.27. The molecule has 34 heavy (non-hydrogen) atoms. The van der Waals surface area contributed by atoms with E-state index in [4.69, 9.17) is 19.7 Å². The van der Waals surface area contributed by atoms with Crippen LogP contribution in [0, 0.1) is 0 Å². The molecule has 0 aromatic heterocycles. The standard InChI is InChI=1S/C22H30N2O9S/c1-2-3-9-24-16-10-14(22(29)32-13-18(27)20(28)17(26)12-25)11-19(34(23,30)31)21(16)33-15-7-5-4-6-8-15/h4-8,10-11,17-18,20,24-28H,2-3,9,12-13H2,1H3,(H2,23,30,31)/t17-,18+,20+/m1/s1. The quantitative estimate of drug-likeness (QED) is 0.168. The van der Waals surface area contributed by atoms with E-state index in [0.29, 0.717) is 12.3 Å². The molecule has 0 unspecified atom stereocenters. The van der Waals surface area contributed by atoms with Crippen molar-refractivity contribution in [3.05, 3.63) is 48.0 Å². The number of sulfonamides is 1. The van der Waals surface area contributed by atoms with E-state index < -0.39 is 52.4 Å². The van der Waals surface area contributed by atoms with E-state index in [1.807, 2.05) is 6.92 Å². The lowest BCUT2D eigenvalue weighted by atomic mass is 10.1. The van der Waals surface area contributed by atoms with Gasteiger partial charge in [0.25, 0.3) is 0 Å².